The second-order valence-corrected chi connectivity index (χ2v) is 11.6. The lowest BCUT2D eigenvalue weighted by molar-refractivity contribution is 0.00407. The first-order chi connectivity index (χ1) is 12.1. The Labute approximate surface area is 163 Å². The van der Waals surface area contributed by atoms with Gasteiger partial charge in [0.2, 0.25) is 0 Å². The zero-order valence-corrected chi connectivity index (χ0v) is 18.6. The molecule has 0 aromatic carbocycles. The normalized spacial score (nSPS) is 27.9. The van der Waals surface area contributed by atoms with Crippen molar-refractivity contribution in [2.45, 2.75) is 91.1 Å². The number of hydrogen-bond donors (Lipinski definition) is 0. The topological polar surface area (TPSA) is 9.72 Å². The zero-order valence-electron chi connectivity index (χ0n) is 18.6. The Balaban J connectivity index is 1.40. The van der Waals surface area contributed by atoms with Gasteiger partial charge in [-0.1, -0.05) is 0 Å². The van der Waals surface area contributed by atoms with Crippen molar-refractivity contribution in [2.24, 2.45) is 11.3 Å². The summed E-state index contributed by atoms with van der Waals surface area (Å²) in [5.41, 5.74) is 1.39. The summed E-state index contributed by atoms with van der Waals surface area (Å²) in [5, 5.41) is 0. The Morgan fingerprint density at radius 2 is 1.12 bits per heavy atom. The highest BCUT2D eigenvalue weighted by Crippen LogP contribution is 2.47. The molecule has 0 bridgehead atoms. The Kier molecular flexibility index (Phi) is 6.12. The molecule has 26 heavy (non-hydrogen) atoms. The number of hydrogen-bond acceptors (Lipinski definition) is 3. The van der Waals surface area contributed by atoms with E-state index in [-0.39, 0.29) is 0 Å². The molecule has 152 valence electrons. The maximum Gasteiger partial charge on any atom is 0.0126 e. The third-order valence-corrected chi connectivity index (χ3v) is 7.78. The van der Waals surface area contributed by atoms with Crippen LogP contribution in [0.25, 0.3) is 0 Å². The summed E-state index contributed by atoms with van der Waals surface area (Å²) in [4.78, 5) is 8.12. The van der Waals surface area contributed by atoms with Crippen molar-refractivity contribution < 1.29 is 0 Å². The summed E-state index contributed by atoms with van der Waals surface area (Å²) in [5.74, 6) is 0.961. The van der Waals surface area contributed by atoms with Crippen molar-refractivity contribution in [3.63, 3.8) is 0 Å². The minimum atomic E-state index is 0.339. The smallest absolute Gasteiger partial charge is 0.0126 e. The lowest BCUT2D eigenvalue weighted by Crippen LogP contribution is -2.54. The number of rotatable bonds is 2. The van der Waals surface area contributed by atoms with Crippen molar-refractivity contribution in [1.29, 1.82) is 0 Å². The number of piperidine rings is 1. The van der Waals surface area contributed by atoms with Crippen molar-refractivity contribution in [1.82, 2.24) is 14.7 Å². The van der Waals surface area contributed by atoms with Crippen LogP contribution in [-0.4, -0.2) is 71.6 Å². The molecular weight excluding hydrogens is 318 g/mol. The van der Waals surface area contributed by atoms with Gasteiger partial charge in [-0.05, 0) is 104 Å². The Bertz CT molecular complexity index is 433. The molecule has 0 amide bonds. The molecule has 0 radical (unpaired) electrons. The van der Waals surface area contributed by atoms with Gasteiger partial charge in [0, 0.05) is 43.8 Å². The molecule has 0 N–H and O–H groups in total. The Morgan fingerprint density at radius 3 is 1.58 bits per heavy atom. The number of nitrogens with zero attached hydrogens (tertiary/aromatic N) is 3. The van der Waals surface area contributed by atoms with Crippen LogP contribution < -0.4 is 0 Å². The minimum Gasteiger partial charge on any atom is -0.301 e. The Hall–Kier alpha value is -0.120. The van der Waals surface area contributed by atoms with Crippen LogP contribution in [0, 0.1) is 11.3 Å². The highest BCUT2D eigenvalue weighted by molar-refractivity contribution is 4.93. The van der Waals surface area contributed by atoms with Gasteiger partial charge in [0.15, 0.2) is 0 Å². The van der Waals surface area contributed by atoms with E-state index in [1.807, 2.05) is 0 Å². The first-order valence-corrected chi connectivity index (χ1v) is 11.3. The zero-order chi connectivity index (χ0) is 19.0. The van der Waals surface area contributed by atoms with E-state index < -0.39 is 0 Å². The molecule has 2 aliphatic heterocycles. The van der Waals surface area contributed by atoms with Crippen molar-refractivity contribution in [3.05, 3.63) is 0 Å². The number of likely N-dealkylation sites (tertiary alicyclic amines) is 1. The molecule has 3 fully saturated rings. The summed E-state index contributed by atoms with van der Waals surface area (Å²) in [6, 6.07) is 0. The lowest BCUT2D eigenvalue weighted by Gasteiger charge is -2.50. The third-order valence-electron chi connectivity index (χ3n) is 7.78. The standard InChI is InChI=1S/C23H45N3/c1-21(2,3)25-13-11-23(12-14-25)9-7-20(8-10-23)19-24-15-17-26(18-16-24)22(4,5)6/h20H,7-19H2,1-6H3. The number of piperazine rings is 1. The predicted octanol–water partition coefficient (Wildman–Crippen LogP) is 4.47. The van der Waals surface area contributed by atoms with Gasteiger partial charge >= 0.3 is 0 Å². The summed E-state index contributed by atoms with van der Waals surface area (Å²) in [7, 11) is 0. The molecule has 3 aliphatic rings. The molecule has 1 aliphatic carbocycles. The van der Waals surface area contributed by atoms with E-state index in [9.17, 15) is 0 Å². The average molecular weight is 364 g/mol. The predicted molar refractivity (Wildman–Crippen MR) is 113 cm³/mol. The molecule has 3 heteroatoms. The first kappa shape index (κ1) is 20.6. The van der Waals surface area contributed by atoms with Crippen LogP contribution in [0.15, 0.2) is 0 Å². The van der Waals surface area contributed by atoms with E-state index >= 15 is 0 Å². The van der Waals surface area contributed by atoms with Crippen LogP contribution >= 0.6 is 0 Å². The third kappa shape index (κ3) is 5.02. The fraction of sp³-hybridized carbons (Fsp3) is 1.00. The van der Waals surface area contributed by atoms with Crippen molar-refractivity contribution in [2.75, 3.05) is 45.8 Å². The monoisotopic (exact) mass is 363 g/mol. The molecule has 0 atom stereocenters. The highest BCUT2D eigenvalue weighted by Gasteiger charge is 2.40. The molecule has 3 nitrogen and oxygen atoms in total. The van der Waals surface area contributed by atoms with Crippen LogP contribution in [-0.2, 0) is 0 Å². The molecule has 2 heterocycles. The summed E-state index contributed by atoms with van der Waals surface area (Å²) in [6.07, 6.45) is 8.85. The van der Waals surface area contributed by atoms with E-state index in [2.05, 4.69) is 56.2 Å². The Morgan fingerprint density at radius 1 is 0.654 bits per heavy atom. The van der Waals surface area contributed by atoms with Gasteiger partial charge in [0.05, 0.1) is 0 Å². The lowest BCUT2D eigenvalue weighted by atomic mass is 9.65. The molecule has 2 saturated heterocycles. The van der Waals surface area contributed by atoms with Gasteiger partial charge in [-0.15, -0.1) is 0 Å². The summed E-state index contributed by atoms with van der Waals surface area (Å²) >= 11 is 0. The van der Waals surface area contributed by atoms with Crippen LogP contribution in [0.1, 0.15) is 80.1 Å². The second-order valence-electron chi connectivity index (χ2n) is 11.6. The van der Waals surface area contributed by atoms with E-state index in [0.29, 0.717) is 16.5 Å². The van der Waals surface area contributed by atoms with Crippen LogP contribution in [0.3, 0.4) is 0 Å². The van der Waals surface area contributed by atoms with Crippen molar-refractivity contribution >= 4 is 0 Å². The summed E-state index contributed by atoms with van der Waals surface area (Å²) < 4.78 is 0. The largest absolute Gasteiger partial charge is 0.301 e. The van der Waals surface area contributed by atoms with Crippen molar-refractivity contribution in [3.8, 4) is 0 Å². The van der Waals surface area contributed by atoms with Gasteiger partial charge in [-0.2, -0.15) is 0 Å². The molecule has 1 saturated carbocycles. The highest BCUT2D eigenvalue weighted by atomic mass is 15.3. The van der Waals surface area contributed by atoms with Gasteiger partial charge < -0.3 is 4.90 Å². The fourth-order valence-electron chi connectivity index (χ4n) is 5.59. The summed E-state index contributed by atoms with van der Waals surface area (Å²) in [6.45, 7) is 23.3. The molecular formula is C23H45N3. The molecule has 0 aromatic rings. The molecule has 0 aromatic heterocycles. The maximum atomic E-state index is 2.76. The minimum absolute atomic E-state index is 0.339. The van der Waals surface area contributed by atoms with Crippen LogP contribution in [0.4, 0.5) is 0 Å². The van der Waals surface area contributed by atoms with E-state index in [1.54, 1.807) is 0 Å². The van der Waals surface area contributed by atoms with E-state index in [1.165, 1.54) is 84.3 Å². The molecule has 0 unspecified atom stereocenters. The van der Waals surface area contributed by atoms with Crippen LogP contribution in [0.2, 0.25) is 0 Å². The van der Waals surface area contributed by atoms with E-state index in [4.69, 9.17) is 0 Å². The molecule has 1 spiro atoms. The SMILES string of the molecule is CC(C)(C)N1CCN(CC2CCC3(CC2)CCN(C(C)(C)C)CC3)CC1. The van der Waals surface area contributed by atoms with Gasteiger partial charge in [-0.3, -0.25) is 9.80 Å². The quantitative estimate of drug-likeness (QED) is 0.716. The van der Waals surface area contributed by atoms with Gasteiger partial charge in [0.1, 0.15) is 0 Å². The first-order valence-electron chi connectivity index (χ1n) is 11.3. The van der Waals surface area contributed by atoms with Gasteiger partial charge in [0.25, 0.3) is 0 Å². The average Bonchev–Trinajstić information content (AvgIpc) is 2.56. The van der Waals surface area contributed by atoms with Gasteiger partial charge in [-0.25, -0.2) is 0 Å². The van der Waals surface area contributed by atoms with Crippen LogP contribution in [0.5, 0.6) is 0 Å². The second kappa shape index (κ2) is 7.72. The molecule has 3 rings (SSSR count). The fourth-order valence-corrected chi connectivity index (χ4v) is 5.59. The maximum absolute atomic E-state index is 2.76. The van der Waals surface area contributed by atoms with E-state index in [0.717, 1.165) is 5.92 Å².